The predicted molar refractivity (Wildman–Crippen MR) is 131 cm³/mol. The minimum atomic E-state index is -0.574. The van der Waals surface area contributed by atoms with Gasteiger partial charge in [0.15, 0.2) is 0 Å². The standard InChI is InChI=1S/C27H47NO4/c1-5-9-15-23(7-3)21-31-26(29)25(17-14-20-28-18-12-11-13-19-28)27(30)32-22-24(8-4)16-10-6-2/h14,17,20,23-24H,5-13,15-16,18-19,21-22H2,1-4H3/b20-14+,25-17?. The number of carbonyl (C=O) groups is 2. The maximum Gasteiger partial charge on any atom is 0.345 e. The highest BCUT2D eigenvalue weighted by Crippen LogP contribution is 2.16. The van der Waals surface area contributed by atoms with Crippen LogP contribution in [0.25, 0.3) is 0 Å². The third kappa shape index (κ3) is 11.7. The fourth-order valence-corrected chi connectivity index (χ4v) is 3.89. The number of allylic oxidation sites excluding steroid dienone is 2. The topological polar surface area (TPSA) is 55.8 Å². The zero-order valence-electron chi connectivity index (χ0n) is 21.1. The minimum absolute atomic E-state index is 0.00560. The van der Waals surface area contributed by atoms with Gasteiger partial charge in [-0.3, -0.25) is 0 Å². The van der Waals surface area contributed by atoms with E-state index in [1.807, 2.05) is 6.20 Å². The molecule has 184 valence electrons. The highest BCUT2D eigenvalue weighted by molar-refractivity contribution is 6.14. The second-order valence-electron chi connectivity index (χ2n) is 9.05. The summed E-state index contributed by atoms with van der Waals surface area (Å²) in [6.45, 7) is 11.3. The lowest BCUT2D eigenvalue weighted by Crippen LogP contribution is -2.24. The van der Waals surface area contributed by atoms with Crippen molar-refractivity contribution in [2.24, 2.45) is 11.8 Å². The molecular formula is C27H47NO4. The average molecular weight is 450 g/mol. The Kier molecular flexibility index (Phi) is 15.7. The molecule has 0 aromatic rings. The van der Waals surface area contributed by atoms with Crippen molar-refractivity contribution in [1.82, 2.24) is 4.90 Å². The van der Waals surface area contributed by atoms with Gasteiger partial charge in [-0.05, 0) is 62.3 Å². The average Bonchev–Trinajstić information content (AvgIpc) is 2.82. The smallest absolute Gasteiger partial charge is 0.345 e. The van der Waals surface area contributed by atoms with E-state index in [9.17, 15) is 9.59 Å². The molecule has 0 bridgehead atoms. The van der Waals surface area contributed by atoms with E-state index in [-0.39, 0.29) is 5.57 Å². The zero-order valence-corrected chi connectivity index (χ0v) is 21.1. The van der Waals surface area contributed by atoms with Gasteiger partial charge in [0.25, 0.3) is 0 Å². The fraction of sp³-hybridized carbons (Fsp3) is 0.778. The number of carbonyl (C=O) groups excluding carboxylic acids is 2. The van der Waals surface area contributed by atoms with Gasteiger partial charge in [-0.1, -0.05) is 66.2 Å². The number of esters is 2. The second-order valence-corrected chi connectivity index (χ2v) is 9.05. The van der Waals surface area contributed by atoms with Crippen LogP contribution >= 0.6 is 0 Å². The summed E-state index contributed by atoms with van der Waals surface area (Å²) in [6.07, 6.45) is 17.4. The molecule has 1 fully saturated rings. The van der Waals surface area contributed by atoms with Crippen LogP contribution in [0.3, 0.4) is 0 Å². The predicted octanol–water partition coefficient (Wildman–Crippen LogP) is 6.43. The maximum atomic E-state index is 12.8. The first-order valence-corrected chi connectivity index (χ1v) is 13.0. The first-order valence-electron chi connectivity index (χ1n) is 13.0. The monoisotopic (exact) mass is 449 g/mol. The van der Waals surface area contributed by atoms with Gasteiger partial charge in [-0.15, -0.1) is 0 Å². The molecule has 1 heterocycles. The molecule has 0 aliphatic carbocycles. The van der Waals surface area contributed by atoms with Crippen molar-refractivity contribution in [3.8, 4) is 0 Å². The van der Waals surface area contributed by atoms with Crippen molar-refractivity contribution in [3.05, 3.63) is 23.9 Å². The fourth-order valence-electron chi connectivity index (χ4n) is 3.89. The molecule has 1 saturated heterocycles. The summed E-state index contributed by atoms with van der Waals surface area (Å²) >= 11 is 0. The highest BCUT2D eigenvalue weighted by Gasteiger charge is 2.23. The maximum absolute atomic E-state index is 12.8. The van der Waals surface area contributed by atoms with Gasteiger partial charge in [-0.2, -0.15) is 0 Å². The van der Waals surface area contributed by atoms with Crippen molar-refractivity contribution < 1.29 is 19.1 Å². The van der Waals surface area contributed by atoms with E-state index in [2.05, 4.69) is 32.6 Å². The van der Waals surface area contributed by atoms with E-state index < -0.39 is 11.9 Å². The van der Waals surface area contributed by atoms with Crippen LogP contribution in [0.15, 0.2) is 23.9 Å². The summed E-state index contributed by atoms with van der Waals surface area (Å²) in [7, 11) is 0. The Hall–Kier alpha value is -1.78. The van der Waals surface area contributed by atoms with Crippen LogP contribution < -0.4 is 0 Å². The second kappa shape index (κ2) is 17.7. The molecule has 0 amide bonds. The van der Waals surface area contributed by atoms with Crippen molar-refractivity contribution in [2.75, 3.05) is 26.3 Å². The van der Waals surface area contributed by atoms with Gasteiger partial charge in [0.05, 0.1) is 13.2 Å². The first kappa shape index (κ1) is 28.3. The van der Waals surface area contributed by atoms with Gasteiger partial charge in [0.2, 0.25) is 0 Å². The lowest BCUT2D eigenvalue weighted by atomic mass is 10.0. The molecule has 32 heavy (non-hydrogen) atoms. The number of likely N-dealkylation sites (tertiary alicyclic amines) is 1. The molecule has 0 saturated carbocycles. The normalized spacial score (nSPS) is 15.9. The highest BCUT2D eigenvalue weighted by atomic mass is 16.6. The first-order chi connectivity index (χ1) is 15.5. The molecule has 1 aliphatic heterocycles. The van der Waals surface area contributed by atoms with Crippen molar-refractivity contribution in [2.45, 2.75) is 98.3 Å². The molecule has 0 aromatic heterocycles. The molecule has 5 nitrogen and oxygen atoms in total. The third-order valence-corrected chi connectivity index (χ3v) is 6.38. The summed E-state index contributed by atoms with van der Waals surface area (Å²) < 4.78 is 11.1. The van der Waals surface area contributed by atoms with E-state index >= 15 is 0 Å². The Balaban J connectivity index is 2.79. The van der Waals surface area contributed by atoms with Crippen molar-refractivity contribution in [1.29, 1.82) is 0 Å². The molecule has 2 atom stereocenters. The Morgan fingerprint density at radius 2 is 1.31 bits per heavy atom. The molecule has 5 heteroatoms. The molecule has 1 aliphatic rings. The van der Waals surface area contributed by atoms with Gasteiger partial charge in [0.1, 0.15) is 5.57 Å². The molecule has 0 radical (unpaired) electrons. The van der Waals surface area contributed by atoms with Crippen molar-refractivity contribution in [3.63, 3.8) is 0 Å². The lowest BCUT2D eigenvalue weighted by Gasteiger charge is -2.24. The van der Waals surface area contributed by atoms with Crippen LogP contribution in [0.4, 0.5) is 0 Å². The summed E-state index contributed by atoms with van der Waals surface area (Å²) in [5, 5.41) is 0. The summed E-state index contributed by atoms with van der Waals surface area (Å²) in [5.41, 5.74) is -0.00560. The third-order valence-electron chi connectivity index (χ3n) is 6.38. The van der Waals surface area contributed by atoms with E-state index in [0.29, 0.717) is 25.0 Å². The molecule has 2 unspecified atom stereocenters. The minimum Gasteiger partial charge on any atom is -0.462 e. The number of hydrogen-bond acceptors (Lipinski definition) is 5. The molecule has 0 aromatic carbocycles. The summed E-state index contributed by atoms with van der Waals surface area (Å²) in [4.78, 5) is 27.8. The van der Waals surface area contributed by atoms with E-state index in [1.165, 1.54) is 19.3 Å². The Labute approximate surface area is 196 Å². The van der Waals surface area contributed by atoms with Crippen LogP contribution in [0, 0.1) is 11.8 Å². The van der Waals surface area contributed by atoms with E-state index in [4.69, 9.17) is 9.47 Å². The number of piperidine rings is 1. The Morgan fingerprint density at radius 3 is 1.75 bits per heavy atom. The van der Waals surface area contributed by atoms with Gasteiger partial charge >= 0.3 is 11.9 Å². The molecule has 0 spiro atoms. The van der Waals surface area contributed by atoms with E-state index in [0.717, 1.165) is 64.5 Å². The van der Waals surface area contributed by atoms with Crippen LogP contribution in [0.1, 0.15) is 98.3 Å². The zero-order chi connectivity index (χ0) is 23.6. The SMILES string of the molecule is CCCCC(CC)COC(=O)C(=C/C=C/N1CCCCC1)C(=O)OCC(CC)CCCC. The number of hydrogen-bond donors (Lipinski definition) is 0. The van der Waals surface area contributed by atoms with Gasteiger partial charge in [0, 0.05) is 13.1 Å². The summed E-state index contributed by atoms with van der Waals surface area (Å²) in [6, 6.07) is 0. The van der Waals surface area contributed by atoms with Crippen LogP contribution in [-0.4, -0.2) is 43.1 Å². The number of unbranched alkanes of at least 4 members (excludes halogenated alkanes) is 2. The summed E-state index contributed by atoms with van der Waals surface area (Å²) in [5.74, 6) is -0.484. The Morgan fingerprint density at radius 1 is 0.812 bits per heavy atom. The van der Waals surface area contributed by atoms with Gasteiger partial charge < -0.3 is 14.4 Å². The quantitative estimate of drug-likeness (QED) is 0.0893. The molecular weight excluding hydrogens is 402 g/mol. The molecule has 0 N–H and O–H groups in total. The van der Waals surface area contributed by atoms with Crippen LogP contribution in [0.5, 0.6) is 0 Å². The van der Waals surface area contributed by atoms with Crippen LogP contribution in [-0.2, 0) is 19.1 Å². The Bertz CT molecular complexity index is 544. The number of ether oxygens (including phenoxy) is 2. The van der Waals surface area contributed by atoms with Crippen LogP contribution in [0.2, 0.25) is 0 Å². The van der Waals surface area contributed by atoms with E-state index in [1.54, 1.807) is 12.2 Å². The largest absolute Gasteiger partial charge is 0.462 e. The number of nitrogens with zero attached hydrogens (tertiary/aromatic N) is 1. The number of rotatable bonds is 16. The lowest BCUT2D eigenvalue weighted by molar-refractivity contribution is -0.148. The van der Waals surface area contributed by atoms with Gasteiger partial charge in [-0.25, -0.2) is 9.59 Å². The molecule has 1 rings (SSSR count). The van der Waals surface area contributed by atoms with Crippen molar-refractivity contribution >= 4 is 11.9 Å².